The minimum Gasteiger partial charge on any atom is -0.348 e. The molecule has 0 unspecified atom stereocenters. The molecule has 2 aromatic rings. The van der Waals surface area contributed by atoms with Gasteiger partial charge in [-0.05, 0) is 48.0 Å². The Morgan fingerprint density at radius 3 is 3.25 bits per heavy atom. The molecule has 3 rings (SSSR count). The summed E-state index contributed by atoms with van der Waals surface area (Å²) in [7, 11) is 0. The molecule has 0 radical (unpaired) electrons. The highest BCUT2D eigenvalue weighted by Crippen LogP contribution is 2.20. The second-order valence-electron chi connectivity index (χ2n) is 4.95. The van der Waals surface area contributed by atoms with Crippen molar-refractivity contribution in [1.82, 2.24) is 15.6 Å². The molecule has 2 N–H and O–H groups in total. The molecule has 0 atom stereocenters. The van der Waals surface area contributed by atoms with Crippen LogP contribution in [0.5, 0.6) is 0 Å². The molecule has 1 aliphatic rings. The van der Waals surface area contributed by atoms with Gasteiger partial charge < -0.3 is 10.6 Å². The van der Waals surface area contributed by atoms with Gasteiger partial charge in [0, 0.05) is 35.9 Å². The van der Waals surface area contributed by atoms with Gasteiger partial charge >= 0.3 is 0 Å². The van der Waals surface area contributed by atoms with Crippen LogP contribution in [0.3, 0.4) is 0 Å². The van der Waals surface area contributed by atoms with E-state index in [4.69, 9.17) is 0 Å². The number of nitrogens with zero attached hydrogens (tertiary/aromatic N) is 1. The monoisotopic (exact) mass is 287 g/mol. The van der Waals surface area contributed by atoms with Crippen molar-refractivity contribution in [2.24, 2.45) is 0 Å². The van der Waals surface area contributed by atoms with Crippen molar-refractivity contribution in [1.29, 1.82) is 0 Å². The first-order valence-electron chi connectivity index (χ1n) is 6.73. The standard InChI is InChI=1S/C15H17N3OS/c1-10-14(8-18-15(19)11-3-5-20-9-11)13-2-4-16-6-12(13)7-17-10/h3,5,7,9,16H,2,4,6,8H2,1H3,(H,18,19). The summed E-state index contributed by atoms with van der Waals surface area (Å²) in [5, 5.41) is 10.1. The fourth-order valence-electron chi connectivity index (χ4n) is 2.54. The van der Waals surface area contributed by atoms with Crippen LogP contribution in [0, 0.1) is 6.92 Å². The zero-order chi connectivity index (χ0) is 13.9. The van der Waals surface area contributed by atoms with Crippen LogP contribution in [0.4, 0.5) is 0 Å². The van der Waals surface area contributed by atoms with Crippen LogP contribution >= 0.6 is 11.3 Å². The topological polar surface area (TPSA) is 54.0 Å². The Hall–Kier alpha value is -1.72. The van der Waals surface area contributed by atoms with E-state index >= 15 is 0 Å². The van der Waals surface area contributed by atoms with Crippen LogP contribution in [-0.4, -0.2) is 17.4 Å². The van der Waals surface area contributed by atoms with Gasteiger partial charge in [-0.15, -0.1) is 0 Å². The van der Waals surface area contributed by atoms with E-state index in [1.165, 1.54) is 28.0 Å². The maximum atomic E-state index is 12.0. The summed E-state index contributed by atoms with van der Waals surface area (Å²) in [5.41, 5.74) is 5.51. The molecular formula is C15H17N3OS. The quantitative estimate of drug-likeness (QED) is 0.908. The van der Waals surface area contributed by atoms with E-state index in [-0.39, 0.29) is 5.91 Å². The van der Waals surface area contributed by atoms with Crippen LogP contribution < -0.4 is 10.6 Å². The summed E-state index contributed by atoms with van der Waals surface area (Å²) in [4.78, 5) is 16.5. The van der Waals surface area contributed by atoms with Crippen LogP contribution in [-0.2, 0) is 19.5 Å². The maximum absolute atomic E-state index is 12.0. The molecule has 0 aliphatic carbocycles. The number of hydrogen-bond acceptors (Lipinski definition) is 4. The number of hydrogen-bond donors (Lipinski definition) is 2. The highest BCUT2D eigenvalue weighted by Gasteiger charge is 2.16. The van der Waals surface area contributed by atoms with Crippen LogP contribution in [0.25, 0.3) is 0 Å². The number of pyridine rings is 1. The Balaban J connectivity index is 1.79. The fraction of sp³-hybridized carbons (Fsp3) is 0.333. The number of rotatable bonds is 3. The highest BCUT2D eigenvalue weighted by atomic mass is 32.1. The zero-order valence-electron chi connectivity index (χ0n) is 11.4. The van der Waals surface area contributed by atoms with E-state index in [0.29, 0.717) is 6.54 Å². The van der Waals surface area contributed by atoms with Crippen molar-refractivity contribution in [2.45, 2.75) is 26.4 Å². The number of thiophene rings is 1. The van der Waals surface area contributed by atoms with E-state index in [1.54, 1.807) is 0 Å². The number of carbonyl (C=O) groups excluding carboxylic acids is 1. The molecule has 4 nitrogen and oxygen atoms in total. The molecular weight excluding hydrogens is 270 g/mol. The smallest absolute Gasteiger partial charge is 0.252 e. The summed E-state index contributed by atoms with van der Waals surface area (Å²) in [5.74, 6) is -0.0165. The largest absolute Gasteiger partial charge is 0.348 e. The molecule has 20 heavy (non-hydrogen) atoms. The lowest BCUT2D eigenvalue weighted by Gasteiger charge is -2.21. The molecule has 1 aliphatic heterocycles. The van der Waals surface area contributed by atoms with Crippen LogP contribution in [0.2, 0.25) is 0 Å². The van der Waals surface area contributed by atoms with Gasteiger partial charge in [-0.25, -0.2) is 0 Å². The van der Waals surface area contributed by atoms with Gasteiger partial charge in [-0.1, -0.05) is 0 Å². The van der Waals surface area contributed by atoms with E-state index in [1.807, 2.05) is 29.9 Å². The molecule has 2 aromatic heterocycles. The Kier molecular flexibility index (Phi) is 3.80. The van der Waals surface area contributed by atoms with E-state index in [2.05, 4.69) is 15.6 Å². The molecule has 0 aromatic carbocycles. The molecule has 0 saturated heterocycles. The third kappa shape index (κ3) is 2.59. The number of fused-ring (bicyclic) bond motifs is 1. The van der Waals surface area contributed by atoms with Crippen molar-refractivity contribution in [3.8, 4) is 0 Å². The second kappa shape index (κ2) is 5.73. The molecule has 0 saturated carbocycles. The van der Waals surface area contributed by atoms with Gasteiger partial charge in [0.15, 0.2) is 0 Å². The lowest BCUT2D eigenvalue weighted by Crippen LogP contribution is -2.28. The first-order chi connectivity index (χ1) is 9.75. The molecule has 0 fully saturated rings. The van der Waals surface area contributed by atoms with Gasteiger partial charge in [0.2, 0.25) is 0 Å². The summed E-state index contributed by atoms with van der Waals surface area (Å²) in [6, 6.07) is 1.84. The van der Waals surface area contributed by atoms with Gasteiger partial charge in [-0.2, -0.15) is 11.3 Å². The number of aromatic nitrogens is 1. The highest BCUT2D eigenvalue weighted by molar-refractivity contribution is 7.08. The van der Waals surface area contributed by atoms with Crippen molar-refractivity contribution in [3.05, 3.63) is 51.0 Å². The predicted octanol–water partition coefficient (Wildman–Crippen LogP) is 2.03. The van der Waals surface area contributed by atoms with Gasteiger partial charge in [-0.3, -0.25) is 9.78 Å². The maximum Gasteiger partial charge on any atom is 0.252 e. The van der Waals surface area contributed by atoms with Crippen LogP contribution in [0.1, 0.15) is 32.7 Å². The Bertz CT molecular complexity index is 622. The lowest BCUT2D eigenvalue weighted by molar-refractivity contribution is 0.0951. The normalized spacial score (nSPS) is 13.8. The fourth-order valence-corrected chi connectivity index (χ4v) is 3.18. The van der Waals surface area contributed by atoms with E-state index in [0.717, 1.165) is 30.8 Å². The van der Waals surface area contributed by atoms with Crippen molar-refractivity contribution in [3.63, 3.8) is 0 Å². The zero-order valence-corrected chi connectivity index (χ0v) is 12.2. The average Bonchev–Trinajstić information content (AvgIpc) is 3.00. The Morgan fingerprint density at radius 1 is 1.55 bits per heavy atom. The molecule has 104 valence electrons. The summed E-state index contributed by atoms with van der Waals surface area (Å²) in [6.45, 7) is 4.42. The number of carbonyl (C=O) groups is 1. The number of amides is 1. The van der Waals surface area contributed by atoms with E-state index in [9.17, 15) is 4.79 Å². The number of aryl methyl sites for hydroxylation is 1. The molecule has 5 heteroatoms. The SMILES string of the molecule is Cc1ncc2c(c1CNC(=O)c1ccsc1)CCNC2. The minimum atomic E-state index is -0.0165. The third-order valence-electron chi connectivity index (χ3n) is 3.68. The average molecular weight is 287 g/mol. The van der Waals surface area contributed by atoms with E-state index < -0.39 is 0 Å². The van der Waals surface area contributed by atoms with Crippen molar-refractivity contribution < 1.29 is 4.79 Å². The predicted molar refractivity (Wildman–Crippen MR) is 79.9 cm³/mol. The summed E-state index contributed by atoms with van der Waals surface area (Å²) >= 11 is 1.53. The lowest BCUT2D eigenvalue weighted by atomic mass is 9.96. The summed E-state index contributed by atoms with van der Waals surface area (Å²) < 4.78 is 0. The van der Waals surface area contributed by atoms with Gasteiger partial charge in [0.05, 0.1) is 0 Å². The number of nitrogens with one attached hydrogen (secondary N) is 2. The Morgan fingerprint density at radius 2 is 2.45 bits per heavy atom. The molecule has 3 heterocycles. The van der Waals surface area contributed by atoms with Gasteiger partial charge in [0.25, 0.3) is 5.91 Å². The second-order valence-corrected chi connectivity index (χ2v) is 5.73. The minimum absolute atomic E-state index is 0.0165. The Labute approximate surface area is 122 Å². The van der Waals surface area contributed by atoms with Crippen molar-refractivity contribution >= 4 is 17.2 Å². The first-order valence-corrected chi connectivity index (χ1v) is 7.67. The van der Waals surface area contributed by atoms with Gasteiger partial charge in [0.1, 0.15) is 0 Å². The molecule has 0 spiro atoms. The molecule has 0 bridgehead atoms. The summed E-state index contributed by atoms with van der Waals surface area (Å²) in [6.07, 6.45) is 2.95. The van der Waals surface area contributed by atoms with Crippen LogP contribution in [0.15, 0.2) is 23.0 Å². The molecule has 1 amide bonds. The van der Waals surface area contributed by atoms with Crippen molar-refractivity contribution in [2.75, 3.05) is 6.54 Å². The first kappa shape index (κ1) is 13.3. The third-order valence-corrected chi connectivity index (χ3v) is 4.36.